The van der Waals surface area contributed by atoms with E-state index in [-0.39, 0.29) is 6.42 Å². The Morgan fingerprint density at radius 2 is 2.14 bits per heavy atom. The van der Waals surface area contributed by atoms with Crippen molar-refractivity contribution in [1.29, 1.82) is 0 Å². The maximum Gasteiger partial charge on any atom is 0.304 e. The number of hydrogen-bond acceptors (Lipinski definition) is 7. The second-order valence-electron chi connectivity index (χ2n) is 9.36. The normalized spacial score (nSPS) is 18.8. The highest BCUT2D eigenvalue weighted by atomic mass is 35.5. The molecule has 3 aromatic rings. The van der Waals surface area contributed by atoms with Gasteiger partial charge in [-0.2, -0.15) is 4.98 Å². The van der Waals surface area contributed by atoms with E-state index in [4.69, 9.17) is 21.3 Å². The average molecular weight is 494 g/mol. The molecule has 3 heterocycles. The van der Waals surface area contributed by atoms with Crippen LogP contribution in [0.3, 0.4) is 0 Å². The number of para-hydroxylation sites is 1. The van der Waals surface area contributed by atoms with Crippen LogP contribution in [-0.4, -0.2) is 41.2 Å². The molecule has 3 N–H and O–H groups in total. The highest BCUT2D eigenvalue weighted by Crippen LogP contribution is 2.47. The van der Waals surface area contributed by atoms with Gasteiger partial charge in [0.05, 0.1) is 19.2 Å². The van der Waals surface area contributed by atoms with E-state index in [1.807, 2.05) is 36.1 Å². The van der Waals surface area contributed by atoms with Crippen LogP contribution in [0.25, 0.3) is 0 Å². The van der Waals surface area contributed by atoms with Crippen molar-refractivity contribution in [2.45, 2.75) is 38.3 Å². The van der Waals surface area contributed by atoms with E-state index in [1.54, 1.807) is 13.3 Å². The second kappa shape index (κ2) is 9.45. The molecule has 2 aromatic carbocycles. The Morgan fingerprint density at radius 3 is 2.94 bits per heavy atom. The number of nitrogens with one attached hydrogen (secondary N) is 2. The second-order valence-corrected chi connectivity index (χ2v) is 9.77. The SMILES string of the molecule is COCc1cc2c(cc1Nc1ncc(Cl)c(N3C[C@](C)(CC(=O)O)c4ccccc43)n1)CNCC2. The van der Waals surface area contributed by atoms with Gasteiger partial charge in [0.15, 0.2) is 5.82 Å². The number of halogens is 1. The molecule has 2 aliphatic heterocycles. The quantitative estimate of drug-likeness (QED) is 0.441. The lowest BCUT2D eigenvalue weighted by Gasteiger charge is -2.25. The summed E-state index contributed by atoms with van der Waals surface area (Å²) in [5.41, 5.74) is 5.80. The van der Waals surface area contributed by atoms with Gasteiger partial charge in [-0.05, 0) is 41.8 Å². The number of methoxy groups -OCH3 is 1. The molecule has 8 nitrogen and oxygen atoms in total. The zero-order valence-corrected chi connectivity index (χ0v) is 20.5. The molecular formula is C26H28ClN5O3. The molecule has 5 rings (SSSR count). The molecule has 0 spiro atoms. The summed E-state index contributed by atoms with van der Waals surface area (Å²) < 4.78 is 5.44. The van der Waals surface area contributed by atoms with Gasteiger partial charge in [0.25, 0.3) is 0 Å². The van der Waals surface area contributed by atoms with Crippen LogP contribution in [0.1, 0.15) is 35.6 Å². The van der Waals surface area contributed by atoms with E-state index in [0.29, 0.717) is 29.9 Å². The Bertz CT molecular complexity index is 1280. The molecule has 0 fully saturated rings. The van der Waals surface area contributed by atoms with Crippen LogP contribution in [0.2, 0.25) is 5.02 Å². The van der Waals surface area contributed by atoms with Crippen molar-refractivity contribution in [3.63, 3.8) is 0 Å². The van der Waals surface area contributed by atoms with Crippen LogP contribution in [0, 0.1) is 0 Å². The molecule has 182 valence electrons. The third kappa shape index (κ3) is 4.57. The molecule has 0 aliphatic carbocycles. The number of fused-ring (bicyclic) bond motifs is 2. The van der Waals surface area contributed by atoms with Crippen LogP contribution < -0.4 is 15.5 Å². The van der Waals surface area contributed by atoms with Gasteiger partial charge in [0, 0.05) is 42.6 Å². The maximum atomic E-state index is 11.6. The van der Waals surface area contributed by atoms with Gasteiger partial charge in [0.1, 0.15) is 5.02 Å². The summed E-state index contributed by atoms with van der Waals surface area (Å²) in [6, 6.07) is 12.1. The molecule has 1 aromatic heterocycles. The summed E-state index contributed by atoms with van der Waals surface area (Å²) in [4.78, 5) is 22.8. The van der Waals surface area contributed by atoms with Crippen LogP contribution in [0.4, 0.5) is 23.1 Å². The minimum Gasteiger partial charge on any atom is -0.481 e. The van der Waals surface area contributed by atoms with Crippen LogP contribution in [-0.2, 0) is 34.5 Å². The number of ether oxygens (including phenoxy) is 1. The van der Waals surface area contributed by atoms with Crippen molar-refractivity contribution >= 4 is 40.7 Å². The fourth-order valence-electron chi connectivity index (χ4n) is 5.12. The number of anilines is 4. The number of carboxylic acids is 1. The highest BCUT2D eigenvalue weighted by molar-refractivity contribution is 6.33. The van der Waals surface area contributed by atoms with Gasteiger partial charge >= 0.3 is 5.97 Å². The molecule has 2 aliphatic rings. The number of benzene rings is 2. The lowest BCUT2D eigenvalue weighted by Crippen LogP contribution is -2.31. The van der Waals surface area contributed by atoms with E-state index in [0.717, 1.165) is 42.0 Å². The fourth-order valence-corrected chi connectivity index (χ4v) is 5.31. The number of carbonyl (C=O) groups is 1. The maximum absolute atomic E-state index is 11.6. The number of aromatic nitrogens is 2. The van der Waals surface area contributed by atoms with E-state index in [9.17, 15) is 9.90 Å². The van der Waals surface area contributed by atoms with Crippen LogP contribution in [0.15, 0.2) is 42.6 Å². The largest absolute Gasteiger partial charge is 0.481 e. The Hall–Kier alpha value is -3.20. The van der Waals surface area contributed by atoms with Crippen molar-refractivity contribution in [1.82, 2.24) is 15.3 Å². The first-order valence-electron chi connectivity index (χ1n) is 11.6. The van der Waals surface area contributed by atoms with Gasteiger partial charge in [-0.15, -0.1) is 0 Å². The van der Waals surface area contributed by atoms with Crippen LogP contribution in [0.5, 0.6) is 0 Å². The molecule has 0 bridgehead atoms. The Kier molecular flexibility index (Phi) is 6.35. The summed E-state index contributed by atoms with van der Waals surface area (Å²) in [5.74, 6) is 0.112. The molecule has 1 atom stereocenters. The first kappa shape index (κ1) is 23.5. The monoisotopic (exact) mass is 493 g/mol. The van der Waals surface area contributed by atoms with Gasteiger partial charge < -0.3 is 25.4 Å². The summed E-state index contributed by atoms with van der Waals surface area (Å²) in [6.07, 6.45) is 2.58. The van der Waals surface area contributed by atoms with E-state index in [2.05, 4.69) is 27.8 Å². The molecular weight excluding hydrogens is 466 g/mol. The fraction of sp³-hybridized carbons (Fsp3) is 0.346. The number of carboxylic acid groups (broad SMARTS) is 1. The molecule has 35 heavy (non-hydrogen) atoms. The summed E-state index contributed by atoms with van der Waals surface area (Å²) in [7, 11) is 1.68. The molecule has 0 radical (unpaired) electrons. The Balaban J connectivity index is 1.51. The topological polar surface area (TPSA) is 99.6 Å². The van der Waals surface area contributed by atoms with Crippen LogP contribution >= 0.6 is 11.6 Å². The van der Waals surface area contributed by atoms with E-state index < -0.39 is 11.4 Å². The number of nitrogens with zero attached hydrogens (tertiary/aromatic N) is 3. The summed E-state index contributed by atoms with van der Waals surface area (Å²) in [5, 5.41) is 16.7. The third-order valence-electron chi connectivity index (χ3n) is 6.73. The Labute approximate surface area is 209 Å². The summed E-state index contributed by atoms with van der Waals surface area (Å²) >= 11 is 6.58. The van der Waals surface area contributed by atoms with Crippen molar-refractivity contribution < 1.29 is 14.6 Å². The highest BCUT2D eigenvalue weighted by Gasteiger charge is 2.42. The molecule has 9 heteroatoms. The van der Waals surface area contributed by atoms with Gasteiger partial charge in [-0.3, -0.25) is 4.79 Å². The predicted octanol–water partition coefficient (Wildman–Crippen LogP) is 4.55. The first-order valence-corrected chi connectivity index (χ1v) is 12.0. The zero-order valence-electron chi connectivity index (χ0n) is 19.8. The lowest BCUT2D eigenvalue weighted by atomic mass is 9.81. The van der Waals surface area contributed by atoms with Gasteiger partial charge in [-0.25, -0.2) is 4.98 Å². The van der Waals surface area contributed by atoms with Gasteiger partial charge in [0.2, 0.25) is 5.95 Å². The minimum absolute atomic E-state index is 0.0118. The Morgan fingerprint density at radius 1 is 1.31 bits per heavy atom. The predicted molar refractivity (Wildman–Crippen MR) is 136 cm³/mol. The van der Waals surface area contributed by atoms with E-state index >= 15 is 0 Å². The number of aliphatic carboxylic acids is 1. The standard InChI is InChI=1S/C26H28ClN5O3/c1-26(11-23(33)34)15-32(22-6-4-3-5-19(22)26)24-20(27)13-29-25(31-24)30-21-10-17-12-28-8-7-16(17)9-18(21)14-35-2/h3-6,9-10,13,28H,7-8,11-12,14-15H2,1-2H3,(H,33,34)(H,29,30,31)/t26-/m0/s1. The molecule has 0 unspecified atom stereocenters. The van der Waals surface area contributed by atoms with Gasteiger partial charge in [-0.1, -0.05) is 42.8 Å². The van der Waals surface area contributed by atoms with Crippen molar-refractivity contribution in [3.05, 3.63) is 69.9 Å². The number of hydrogen-bond donors (Lipinski definition) is 3. The molecule has 0 saturated carbocycles. The summed E-state index contributed by atoms with van der Waals surface area (Å²) in [6.45, 7) is 4.67. The minimum atomic E-state index is -0.840. The van der Waals surface area contributed by atoms with Crippen molar-refractivity contribution in [3.8, 4) is 0 Å². The zero-order chi connectivity index (χ0) is 24.6. The van der Waals surface area contributed by atoms with Crippen molar-refractivity contribution in [2.24, 2.45) is 0 Å². The number of rotatable bonds is 7. The van der Waals surface area contributed by atoms with Crippen molar-refractivity contribution in [2.75, 3.05) is 30.4 Å². The van der Waals surface area contributed by atoms with E-state index in [1.165, 1.54) is 11.1 Å². The molecule has 0 amide bonds. The molecule has 0 saturated heterocycles. The smallest absolute Gasteiger partial charge is 0.304 e. The first-order chi connectivity index (χ1) is 16.9. The average Bonchev–Trinajstić information content (AvgIpc) is 3.12. The third-order valence-corrected chi connectivity index (χ3v) is 7.00. The lowest BCUT2D eigenvalue weighted by molar-refractivity contribution is -0.138.